The molecule has 13 rings (SSSR count). The van der Waals surface area contributed by atoms with Gasteiger partial charge in [-0.25, -0.2) is 0 Å². The van der Waals surface area contributed by atoms with E-state index in [-0.39, 0.29) is 11.3 Å². The highest BCUT2D eigenvalue weighted by Crippen LogP contribution is 2.56. The summed E-state index contributed by atoms with van der Waals surface area (Å²) in [6.07, 6.45) is 2.04. The van der Waals surface area contributed by atoms with Gasteiger partial charge < -0.3 is 18.6 Å². The second-order valence-corrected chi connectivity index (χ2v) is 19.6. The fourth-order valence-electron chi connectivity index (χ4n) is 11.6. The highest BCUT2D eigenvalue weighted by Gasteiger charge is 2.35. The first-order valence-electron chi connectivity index (χ1n) is 23.5. The molecule has 2 heterocycles. The number of aryl methyl sites for hydroxylation is 3. The number of hydrogen-bond donors (Lipinski definition) is 0. The molecule has 0 saturated heterocycles. The lowest BCUT2D eigenvalue weighted by Gasteiger charge is -2.37. The summed E-state index contributed by atoms with van der Waals surface area (Å²) >= 11 is 0. The summed E-state index contributed by atoms with van der Waals surface area (Å²) in [5.41, 5.74) is 16.7. The van der Waals surface area contributed by atoms with E-state index in [4.69, 9.17) is 8.83 Å². The molecule has 4 heteroatoms. The van der Waals surface area contributed by atoms with Crippen LogP contribution in [0.2, 0.25) is 0 Å². The number of fused-ring (bicyclic) bond motifs is 6. The normalized spacial score (nSPS) is 13.7. The summed E-state index contributed by atoms with van der Waals surface area (Å²) in [5.74, 6) is 0.256. The summed E-state index contributed by atoms with van der Waals surface area (Å²) in [5, 5.41) is 12.3. The number of anilines is 6. The largest absolute Gasteiger partial charge is 0.454 e. The van der Waals surface area contributed by atoms with E-state index in [1.165, 1.54) is 65.8 Å². The van der Waals surface area contributed by atoms with Crippen LogP contribution in [0.25, 0.3) is 76.2 Å². The predicted octanol–water partition coefficient (Wildman–Crippen LogP) is 18.3. The molecule has 0 bridgehead atoms. The maximum Gasteiger partial charge on any atom is 0.159 e. The van der Waals surface area contributed by atoms with E-state index in [1.54, 1.807) is 0 Å². The van der Waals surface area contributed by atoms with Gasteiger partial charge in [0.2, 0.25) is 0 Å². The van der Waals surface area contributed by atoms with Crippen molar-refractivity contribution in [1.82, 2.24) is 0 Å². The minimum atomic E-state index is -0.0584. The average molecular weight is 855 g/mol. The Labute approximate surface area is 384 Å². The third-order valence-corrected chi connectivity index (χ3v) is 14.9. The lowest BCUT2D eigenvalue weighted by atomic mass is 9.70. The van der Waals surface area contributed by atoms with E-state index in [1.807, 2.05) is 0 Å². The molecule has 2 aromatic heterocycles. The SMILES string of the molecule is Cc1ccccc1N(c1cc(C(C)C)c2ccc3c(N(c4ccccc4C)c4cccc5c4oc4ccccc45)cc4c5c(cc1c2c35)C(C)(C)CC4)c1cccc2c1oc1ccccc12. The molecule has 0 fully saturated rings. The van der Waals surface area contributed by atoms with E-state index < -0.39 is 0 Å². The smallest absolute Gasteiger partial charge is 0.159 e. The molecular weight excluding hydrogens is 805 g/mol. The van der Waals surface area contributed by atoms with Gasteiger partial charge in [-0.15, -0.1) is 0 Å². The molecule has 0 amide bonds. The minimum Gasteiger partial charge on any atom is -0.454 e. The van der Waals surface area contributed by atoms with Crippen molar-refractivity contribution in [3.63, 3.8) is 0 Å². The second-order valence-electron chi connectivity index (χ2n) is 19.6. The van der Waals surface area contributed by atoms with Crippen LogP contribution in [0.5, 0.6) is 0 Å². The molecule has 12 aromatic rings. The average Bonchev–Trinajstić information content (AvgIpc) is 3.91. The standard InChI is InChI=1S/C62H50N2O2/c1-36(2)46-35-54(64(50-24-12-8-18-38(50)4)52-26-16-22-44-41-20-10-14-28-56(41)66-61(44)52)47-34-48-57-39(31-32-62(48,5)6)33-53(45-30-29-42(46)58(47)59(45)57)63(49-23-11-7-17-37(49)3)51-25-15-21-43-40-19-9-13-27-55(40)65-60(43)51/h7-30,33-36H,31-32H2,1-6H3. The van der Waals surface area contributed by atoms with Crippen molar-refractivity contribution in [2.75, 3.05) is 9.80 Å². The van der Waals surface area contributed by atoms with Crippen LogP contribution in [-0.4, -0.2) is 0 Å². The molecule has 0 radical (unpaired) electrons. The van der Waals surface area contributed by atoms with Crippen LogP contribution in [0, 0.1) is 13.8 Å². The third-order valence-electron chi connectivity index (χ3n) is 14.9. The zero-order chi connectivity index (χ0) is 44.6. The van der Waals surface area contributed by atoms with Crippen molar-refractivity contribution in [2.45, 2.75) is 65.7 Å². The Balaban J connectivity index is 1.19. The van der Waals surface area contributed by atoms with Gasteiger partial charge in [-0.05, 0) is 137 Å². The maximum absolute atomic E-state index is 6.88. The van der Waals surface area contributed by atoms with Crippen molar-refractivity contribution in [2.24, 2.45) is 0 Å². The van der Waals surface area contributed by atoms with Crippen molar-refractivity contribution < 1.29 is 8.83 Å². The minimum absolute atomic E-state index is 0.0584. The zero-order valence-corrected chi connectivity index (χ0v) is 38.3. The van der Waals surface area contributed by atoms with Crippen LogP contribution in [0.1, 0.15) is 67.9 Å². The Morgan fingerprint density at radius 1 is 0.439 bits per heavy atom. The van der Waals surface area contributed by atoms with Crippen LogP contribution < -0.4 is 9.80 Å². The third kappa shape index (κ3) is 5.51. The van der Waals surface area contributed by atoms with Gasteiger partial charge >= 0.3 is 0 Å². The van der Waals surface area contributed by atoms with Crippen LogP contribution in [0.3, 0.4) is 0 Å². The van der Waals surface area contributed by atoms with Crippen molar-refractivity contribution in [3.05, 3.63) is 192 Å². The number of para-hydroxylation sites is 6. The quantitative estimate of drug-likeness (QED) is 0.150. The first-order valence-corrected chi connectivity index (χ1v) is 23.5. The lowest BCUT2D eigenvalue weighted by molar-refractivity contribution is 0.475. The Morgan fingerprint density at radius 3 is 1.52 bits per heavy atom. The van der Waals surface area contributed by atoms with E-state index >= 15 is 0 Å². The summed E-state index contributed by atoms with van der Waals surface area (Å²) in [4.78, 5) is 5.00. The van der Waals surface area contributed by atoms with Gasteiger partial charge in [-0.1, -0.05) is 137 Å². The molecule has 0 unspecified atom stereocenters. The Bertz CT molecular complexity index is 3940. The highest BCUT2D eigenvalue weighted by atomic mass is 16.3. The van der Waals surface area contributed by atoms with Gasteiger partial charge in [0.15, 0.2) is 11.2 Å². The van der Waals surface area contributed by atoms with Gasteiger partial charge in [0.05, 0.1) is 22.7 Å². The van der Waals surface area contributed by atoms with Gasteiger partial charge in [-0.3, -0.25) is 0 Å². The molecule has 0 spiro atoms. The topological polar surface area (TPSA) is 32.8 Å². The number of furan rings is 2. The first-order chi connectivity index (χ1) is 32.2. The van der Waals surface area contributed by atoms with Gasteiger partial charge in [-0.2, -0.15) is 0 Å². The fraction of sp³-hybridized carbons (Fsp3) is 0.161. The van der Waals surface area contributed by atoms with Crippen LogP contribution >= 0.6 is 0 Å². The molecule has 4 nitrogen and oxygen atoms in total. The Kier molecular flexibility index (Phi) is 8.37. The van der Waals surface area contributed by atoms with Gasteiger partial charge in [0, 0.05) is 49.1 Å². The Morgan fingerprint density at radius 2 is 0.939 bits per heavy atom. The zero-order valence-electron chi connectivity index (χ0n) is 38.3. The van der Waals surface area contributed by atoms with E-state index in [9.17, 15) is 0 Å². The van der Waals surface area contributed by atoms with Crippen LogP contribution in [0.4, 0.5) is 34.1 Å². The second kappa shape index (κ2) is 14.2. The van der Waals surface area contributed by atoms with Crippen molar-refractivity contribution in [3.8, 4) is 0 Å². The van der Waals surface area contributed by atoms with Crippen LogP contribution in [-0.2, 0) is 11.8 Å². The number of nitrogens with zero attached hydrogens (tertiary/aromatic N) is 2. The molecule has 66 heavy (non-hydrogen) atoms. The number of benzene rings is 10. The summed E-state index contributed by atoms with van der Waals surface area (Å²) in [6.45, 7) is 14.0. The van der Waals surface area contributed by atoms with Crippen LogP contribution in [0.15, 0.2) is 173 Å². The molecule has 10 aromatic carbocycles. The predicted molar refractivity (Wildman–Crippen MR) is 279 cm³/mol. The molecule has 1 aliphatic carbocycles. The van der Waals surface area contributed by atoms with E-state index in [0.29, 0.717) is 0 Å². The van der Waals surface area contributed by atoms with Crippen molar-refractivity contribution >= 4 is 110 Å². The molecule has 1 aliphatic rings. The van der Waals surface area contributed by atoms with E-state index in [2.05, 4.69) is 215 Å². The molecule has 0 saturated carbocycles. The number of rotatable bonds is 7. The summed E-state index contributed by atoms with van der Waals surface area (Å²) < 4.78 is 13.7. The van der Waals surface area contributed by atoms with Crippen molar-refractivity contribution in [1.29, 1.82) is 0 Å². The van der Waals surface area contributed by atoms with E-state index in [0.717, 1.165) is 85.2 Å². The molecule has 0 N–H and O–H groups in total. The summed E-state index contributed by atoms with van der Waals surface area (Å²) in [6, 6.07) is 60.1. The fourth-order valence-corrected chi connectivity index (χ4v) is 11.6. The lowest BCUT2D eigenvalue weighted by Crippen LogP contribution is -2.24. The first kappa shape index (κ1) is 38.9. The Hall–Kier alpha value is -7.56. The maximum atomic E-state index is 6.88. The van der Waals surface area contributed by atoms with Gasteiger partial charge in [0.1, 0.15) is 11.2 Å². The molecular formula is C62H50N2O2. The molecule has 320 valence electrons. The highest BCUT2D eigenvalue weighted by molar-refractivity contribution is 6.31. The number of hydrogen-bond acceptors (Lipinski definition) is 4. The summed E-state index contributed by atoms with van der Waals surface area (Å²) in [7, 11) is 0. The molecule has 0 aliphatic heterocycles. The van der Waals surface area contributed by atoms with Gasteiger partial charge in [0.25, 0.3) is 0 Å². The monoisotopic (exact) mass is 854 g/mol. The molecule has 0 atom stereocenters.